The number of hydrogen-bond donors (Lipinski definition) is 0. The molecule has 0 aliphatic carbocycles. The Morgan fingerprint density at radius 2 is 1.86 bits per heavy atom. The second kappa shape index (κ2) is 9.05. The third-order valence-corrected chi connectivity index (χ3v) is 5.79. The summed E-state index contributed by atoms with van der Waals surface area (Å²) in [6, 6.07) is 13.6. The molecule has 152 valence electrons. The van der Waals surface area contributed by atoms with Crippen LogP contribution in [0.2, 0.25) is 0 Å². The predicted molar refractivity (Wildman–Crippen MR) is 116 cm³/mol. The summed E-state index contributed by atoms with van der Waals surface area (Å²) in [6.07, 6.45) is 1.15. The topological polar surface area (TPSA) is 63.9 Å². The highest BCUT2D eigenvalue weighted by molar-refractivity contribution is 7.16. The van der Waals surface area contributed by atoms with Crippen molar-refractivity contribution < 1.29 is 14.3 Å². The van der Waals surface area contributed by atoms with Gasteiger partial charge in [-0.15, -0.1) is 0 Å². The number of thiazole rings is 1. The SMILES string of the molecule is CCc1ccc2c(c1)sc(=NC(=O)c1ccc(N(C)C)cc1)n2CCC(=O)OC. The lowest BCUT2D eigenvalue weighted by molar-refractivity contribution is -0.140. The Hall–Kier alpha value is -2.93. The first-order valence-electron chi connectivity index (χ1n) is 9.48. The quantitative estimate of drug-likeness (QED) is 0.581. The molecule has 0 N–H and O–H groups in total. The van der Waals surface area contributed by atoms with Crippen molar-refractivity contribution in [2.75, 3.05) is 26.1 Å². The highest BCUT2D eigenvalue weighted by Crippen LogP contribution is 2.20. The van der Waals surface area contributed by atoms with Crippen LogP contribution in [-0.2, 0) is 22.5 Å². The van der Waals surface area contributed by atoms with E-state index in [4.69, 9.17) is 4.74 Å². The van der Waals surface area contributed by atoms with Gasteiger partial charge in [0.25, 0.3) is 5.91 Å². The minimum Gasteiger partial charge on any atom is -0.469 e. The van der Waals surface area contributed by atoms with Gasteiger partial charge >= 0.3 is 5.97 Å². The number of carbonyl (C=O) groups is 2. The number of benzene rings is 2. The molecular weight excluding hydrogens is 386 g/mol. The monoisotopic (exact) mass is 411 g/mol. The lowest BCUT2D eigenvalue weighted by atomic mass is 10.2. The fourth-order valence-corrected chi connectivity index (χ4v) is 4.12. The maximum absolute atomic E-state index is 12.8. The summed E-state index contributed by atoms with van der Waals surface area (Å²) in [5.74, 6) is -0.594. The van der Waals surface area contributed by atoms with E-state index in [9.17, 15) is 9.59 Å². The molecule has 0 radical (unpaired) electrons. The summed E-state index contributed by atoms with van der Waals surface area (Å²) >= 11 is 1.46. The molecule has 1 amide bonds. The van der Waals surface area contributed by atoms with Crippen molar-refractivity contribution in [3.63, 3.8) is 0 Å². The van der Waals surface area contributed by atoms with Crippen LogP contribution < -0.4 is 9.70 Å². The number of carbonyl (C=O) groups excluding carboxylic acids is 2. The van der Waals surface area contributed by atoms with Crippen LogP contribution in [0.25, 0.3) is 10.2 Å². The van der Waals surface area contributed by atoms with Crippen LogP contribution in [0.15, 0.2) is 47.5 Å². The highest BCUT2D eigenvalue weighted by atomic mass is 32.1. The summed E-state index contributed by atoms with van der Waals surface area (Å²) < 4.78 is 7.73. The number of aryl methyl sites for hydroxylation is 2. The van der Waals surface area contributed by atoms with Crippen LogP contribution in [0.3, 0.4) is 0 Å². The number of amides is 1. The van der Waals surface area contributed by atoms with E-state index in [2.05, 4.69) is 24.0 Å². The van der Waals surface area contributed by atoms with E-state index in [0.29, 0.717) is 16.9 Å². The van der Waals surface area contributed by atoms with Gasteiger partial charge in [-0.05, 0) is 48.4 Å². The van der Waals surface area contributed by atoms with Gasteiger partial charge in [0.1, 0.15) is 0 Å². The van der Waals surface area contributed by atoms with E-state index >= 15 is 0 Å². The molecule has 1 aromatic heterocycles. The molecule has 0 saturated heterocycles. The number of esters is 1. The predicted octanol–water partition coefficient (Wildman–Crippen LogP) is 3.64. The van der Waals surface area contributed by atoms with Crippen molar-refractivity contribution in [1.82, 2.24) is 4.57 Å². The number of hydrogen-bond acceptors (Lipinski definition) is 5. The van der Waals surface area contributed by atoms with E-state index in [1.54, 1.807) is 12.1 Å². The number of fused-ring (bicyclic) bond motifs is 1. The van der Waals surface area contributed by atoms with Crippen LogP contribution in [0, 0.1) is 0 Å². The molecule has 3 rings (SSSR count). The third-order valence-electron chi connectivity index (χ3n) is 4.75. The Morgan fingerprint density at radius 3 is 2.48 bits per heavy atom. The van der Waals surface area contributed by atoms with E-state index in [-0.39, 0.29) is 18.3 Å². The Bertz CT molecular complexity index is 1090. The summed E-state index contributed by atoms with van der Waals surface area (Å²) in [6.45, 7) is 2.51. The van der Waals surface area contributed by atoms with Crippen molar-refractivity contribution in [3.05, 3.63) is 58.4 Å². The van der Waals surface area contributed by atoms with E-state index < -0.39 is 0 Å². The standard InChI is InChI=1S/C22H25N3O3S/c1-5-15-6-11-18-19(14-15)29-22(25(18)13-12-20(26)28-4)23-21(27)16-7-9-17(10-8-16)24(2)3/h6-11,14H,5,12-13H2,1-4H3. The van der Waals surface area contributed by atoms with Crippen molar-refractivity contribution >= 4 is 39.1 Å². The van der Waals surface area contributed by atoms with Gasteiger partial charge in [0.15, 0.2) is 4.80 Å². The van der Waals surface area contributed by atoms with Gasteiger partial charge in [0.2, 0.25) is 0 Å². The smallest absolute Gasteiger partial charge is 0.307 e. The summed E-state index contributed by atoms with van der Waals surface area (Å²) in [5, 5.41) is 0. The lowest BCUT2D eigenvalue weighted by Gasteiger charge is -2.11. The highest BCUT2D eigenvalue weighted by Gasteiger charge is 2.12. The van der Waals surface area contributed by atoms with Gasteiger partial charge in [-0.3, -0.25) is 9.59 Å². The minimum atomic E-state index is -0.301. The van der Waals surface area contributed by atoms with Crippen LogP contribution in [0.1, 0.15) is 29.3 Å². The van der Waals surface area contributed by atoms with E-state index in [0.717, 1.165) is 22.3 Å². The van der Waals surface area contributed by atoms with E-state index in [1.807, 2.05) is 41.8 Å². The van der Waals surface area contributed by atoms with Gasteiger partial charge in [-0.1, -0.05) is 24.3 Å². The number of rotatable bonds is 6. The number of anilines is 1. The maximum atomic E-state index is 12.8. The number of nitrogens with zero attached hydrogens (tertiary/aromatic N) is 3. The molecule has 0 spiro atoms. The van der Waals surface area contributed by atoms with Gasteiger partial charge in [0, 0.05) is 31.9 Å². The van der Waals surface area contributed by atoms with E-state index in [1.165, 1.54) is 24.0 Å². The summed E-state index contributed by atoms with van der Waals surface area (Å²) in [5.41, 5.74) is 3.73. The molecule has 1 heterocycles. The number of ether oxygens (including phenoxy) is 1. The third kappa shape index (κ3) is 4.74. The van der Waals surface area contributed by atoms with Gasteiger partial charge in [0.05, 0.1) is 23.7 Å². The Labute approximate surface area is 174 Å². The van der Waals surface area contributed by atoms with Crippen molar-refractivity contribution in [3.8, 4) is 0 Å². The zero-order valence-corrected chi connectivity index (χ0v) is 18.0. The number of aromatic nitrogens is 1. The normalized spacial score (nSPS) is 11.7. The Kier molecular flexibility index (Phi) is 6.49. The zero-order chi connectivity index (χ0) is 21.0. The molecule has 2 aromatic carbocycles. The molecule has 6 nitrogen and oxygen atoms in total. The fraction of sp³-hybridized carbons (Fsp3) is 0.318. The Morgan fingerprint density at radius 1 is 1.14 bits per heavy atom. The average Bonchev–Trinajstić information content (AvgIpc) is 3.07. The van der Waals surface area contributed by atoms with Crippen LogP contribution in [-0.4, -0.2) is 37.6 Å². The summed E-state index contributed by atoms with van der Waals surface area (Å²) in [4.78, 5) is 31.3. The molecule has 7 heteroatoms. The molecule has 0 bridgehead atoms. The van der Waals surface area contributed by atoms with Crippen LogP contribution >= 0.6 is 11.3 Å². The second-order valence-corrected chi connectivity index (χ2v) is 7.89. The minimum absolute atomic E-state index is 0.219. The maximum Gasteiger partial charge on any atom is 0.307 e. The van der Waals surface area contributed by atoms with Crippen LogP contribution in [0.4, 0.5) is 5.69 Å². The molecular formula is C22H25N3O3S. The molecule has 0 unspecified atom stereocenters. The molecule has 0 saturated carbocycles. The first-order chi connectivity index (χ1) is 13.9. The molecule has 0 atom stereocenters. The molecule has 3 aromatic rings. The first-order valence-corrected chi connectivity index (χ1v) is 10.3. The second-order valence-electron chi connectivity index (χ2n) is 6.88. The van der Waals surface area contributed by atoms with Gasteiger partial charge < -0.3 is 14.2 Å². The molecule has 0 aliphatic rings. The van der Waals surface area contributed by atoms with Crippen molar-refractivity contribution in [2.45, 2.75) is 26.3 Å². The van der Waals surface area contributed by atoms with Gasteiger partial charge in [-0.25, -0.2) is 0 Å². The summed E-state index contributed by atoms with van der Waals surface area (Å²) in [7, 11) is 5.28. The van der Waals surface area contributed by atoms with Crippen molar-refractivity contribution in [2.24, 2.45) is 4.99 Å². The zero-order valence-electron chi connectivity index (χ0n) is 17.1. The molecule has 0 aliphatic heterocycles. The fourth-order valence-electron chi connectivity index (χ4n) is 3.00. The molecule has 0 fully saturated rings. The Balaban J connectivity index is 2.03. The first kappa shape index (κ1) is 20.8. The number of methoxy groups -OCH3 is 1. The lowest BCUT2D eigenvalue weighted by Crippen LogP contribution is -2.19. The molecule has 29 heavy (non-hydrogen) atoms. The van der Waals surface area contributed by atoms with Crippen molar-refractivity contribution in [1.29, 1.82) is 0 Å². The van der Waals surface area contributed by atoms with Crippen LogP contribution in [0.5, 0.6) is 0 Å². The average molecular weight is 412 g/mol. The van der Waals surface area contributed by atoms with Gasteiger partial charge in [-0.2, -0.15) is 4.99 Å². The largest absolute Gasteiger partial charge is 0.469 e.